The van der Waals surface area contributed by atoms with Crippen molar-refractivity contribution in [1.82, 2.24) is 4.98 Å². The summed E-state index contributed by atoms with van der Waals surface area (Å²) in [5, 5.41) is -0.0239. The molecule has 4 nitrogen and oxygen atoms in total. The average molecular weight is 321 g/mol. The maximum absolute atomic E-state index is 13.5. The Morgan fingerprint density at radius 3 is 2.58 bits per heavy atom. The van der Waals surface area contributed by atoms with Crippen LogP contribution >= 0.6 is 23.2 Å². The number of hydrogen-bond donors (Lipinski definition) is 1. The van der Waals surface area contributed by atoms with Crippen molar-refractivity contribution in [2.24, 2.45) is 0 Å². The van der Waals surface area contributed by atoms with Gasteiger partial charge in [-0.2, -0.15) is 0 Å². The van der Waals surface area contributed by atoms with Gasteiger partial charge in [0.05, 0.1) is 5.69 Å². The van der Waals surface area contributed by atoms with E-state index < -0.39 is 15.8 Å². The van der Waals surface area contributed by atoms with Gasteiger partial charge in [0.15, 0.2) is 0 Å². The monoisotopic (exact) mass is 320 g/mol. The third-order valence-corrected chi connectivity index (χ3v) is 4.24. The van der Waals surface area contributed by atoms with Gasteiger partial charge in [-0.25, -0.2) is 17.8 Å². The van der Waals surface area contributed by atoms with E-state index in [1.54, 1.807) is 0 Å². The lowest BCUT2D eigenvalue weighted by Gasteiger charge is -2.09. The molecule has 0 unspecified atom stereocenters. The molecule has 0 saturated carbocycles. The highest BCUT2D eigenvalue weighted by Gasteiger charge is 2.19. The summed E-state index contributed by atoms with van der Waals surface area (Å²) in [6.45, 7) is 0. The molecule has 8 heteroatoms. The van der Waals surface area contributed by atoms with Gasteiger partial charge in [-0.15, -0.1) is 0 Å². The number of benzene rings is 1. The number of nitrogens with one attached hydrogen (secondary N) is 1. The van der Waals surface area contributed by atoms with Crippen molar-refractivity contribution in [3.8, 4) is 0 Å². The highest BCUT2D eigenvalue weighted by atomic mass is 35.5. The van der Waals surface area contributed by atoms with E-state index in [0.717, 1.165) is 6.07 Å². The second-order valence-corrected chi connectivity index (χ2v) is 5.97. The van der Waals surface area contributed by atoms with Crippen LogP contribution in [0.1, 0.15) is 0 Å². The summed E-state index contributed by atoms with van der Waals surface area (Å²) < 4.78 is 39.7. The number of hydrogen-bond acceptors (Lipinski definition) is 3. The van der Waals surface area contributed by atoms with E-state index >= 15 is 0 Å². The van der Waals surface area contributed by atoms with E-state index in [1.165, 1.54) is 30.5 Å². The van der Waals surface area contributed by atoms with Gasteiger partial charge in [-0.05, 0) is 30.3 Å². The molecule has 19 heavy (non-hydrogen) atoms. The number of sulfonamides is 1. The molecule has 1 aromatic heterocycles. The molecule has 0 aliphatic heterocycles. The summed E-state index contributed by atoms with van der Waals surface area (Å²) in [4.78, 5) is 3.42. The summed E-state index contributed by atoms with van der Waals surface area (Å²) >= 11 is 11.3. The molecule has 0 aliphatic carbocycles. The number of halogens is 3. The summed E-state index contributed by atoms with van der Waals surface area (Å²) in [5.41, 5.74) is -0.218. The van der Waals surface area contributed by atoms with Gasteiger partial charge in [0.25, 0.3) is 10.0 Å². The maximum Gasteiger partial charge on any atom is 0.265 e. The Bertz CT molecular complexity index is 722. The van der Waals surface area contributed by atoms with Crippen LogP contribution in [0, 0.1) is 5.82 Å². The predicted molar refractivity (Wildman–Crippen MR) is 71.5 cm³/mol. The molecule has 0 spiro atoms. The van der Waals surface area contributed by atoms with Crippen LogP contribution in [-0.4, -0.2) is 13.4 Å². The molecule has 0 atom stereocenters. The van der Waals surface area contributed by atoms with Crippen LogP contribution in [0.25, 0.3) is 0 Å². The first-order chi connectivity index (χ1) is 8.90. The molecule has 0 amide bonds. The van der Waals surface area contributed by atoms with Crippen molar-refractivity contribution in [3.05, 3.63) is 52.5 Å². The van der Waals surface area contributed by atoms with E-state index in [2.05, 4.69) is 9.71 Å². The first-order valence-electron chi connectivity index (χ1n) is 4.98. The van der Waals surface area contributed by atoms with Crippen molar-refractivity contribution in [2.45, 2.75) is 4.90 Å². The van der Waals surface area contributed by atoms with Crippen LogP contribution in [0.3, 0.4) is 0 Å². The smallest absolute Gasteiger partial charge is 0.265 e. The Morgan fingerprint density at radius 1 is 1.21 bits per heavy atom. The molecular formula is C11H7Cl2FN2O2S. The Balaban J connectivity index is 2.40. The minimum atomic E-state index is -4.01. The molecule has 1 N–H and O–H groups in total. The molecular weight excluding hydrogens is 314 g/mol. The van der Waals surface area contributed by atoms with Crippen molar-refractivity contribution in [1.29, 1.82) is 0 Å². The van der Waals surface area contributed by atoms with Crippen LogP contribution < -0.4 is 4.72 Å². The highest BCUT2D eigenvalue weighted by Crippen LogP contribution is 2.24. The molecule has 0 bridgehead atoms. The minimum Gasteiger partial charge on any atom is -0.277 e. The fourth-order valence-corrected chi connectivity index (χ4v) is 3.02. The van der Waals surface area contributed by atoms with Gasteiger partial charge in [0.2, 0.25) is 0 Å². The third-order valence-electron chi connectivity index (χ3n) is 2.19. The predicted octanol–water partition coefficient (Wildman–Crippen LogP) is 3.33. The number of anilines is 1. The van der Waals surface area contributed by atoms with Gasteiger partial charge >= 0.3 is 0 Å². The SMILES string of the molecule is O=S(=O)(Nc1ccc(Cl)cc1F)c1cccnc1Cl. The number of pyridine rings is 1. The molecule has 0 saturated heterocycles. The fourth-order valence-electron chi connectivity index (χ4n) is 1.34. The maximum atomic E-state index is 13.5. The third kappa shape index (κ3) is 3.15. The Morgan fingerprint density at radius 2 is 1.95 bits per heavy atom. The highest BCUT2D eigenvalue weighted by molar-refractivity contribution is 7.92. The largest absolute Gasteiger partial charge is 0.277 e. The lowest BCUT2D eigenvalue weighted by Crippen LogP contribution is -2.14. The van der Waals surface area contributed by atoms with Gasteiger partial charge < -0.3 is 0 Å². The van der Waals surface area contributed by atoms with E-state index in [-0.39, 0.29) is 20.8 Å². The molecule has 2 aromatic rings. The van der Waals surface area contributed by atoms with Crippen molar-refractivity contribution in [2.75, 3.05) is 4.72 Å². The summed E-state index contributed by atoms with van der Waals surface area (Å²) in [7, 11) is -4.01. The molecule has 2 rings (SSSR count). The van der Waals surface area contributed by atoms with Gasteiger partial charge in [-0.3, -0.25) is 4.72 Å². The van der Waals surface area contributed by atoms with E-state index in [4.69, 9.17) is 23.2 Å². The second-order valence-electron chi connectivity index (χ2n) is 3.52. The Labute approximate surface area is 119 Å². The molecule has 1 aromatic carbocycles. The normalized spacial score (nSPS) is 11.3. The van der Waals surface area contributed by atoms with Gasteiger partial charge in [0, 0.05) is 11.2 Å². The summed E-state index contributed by atoms with van der Waals surface area (Å²) in [6, 6.07) is 6.28. The quantitative estimate of drug-likeness (QED) is 0.882. The second kappa shape index (κ2) is 5.32. The van der Waals surface area contributed by atoms with E-state index in [9.17, 15) is 12.8 Å². The number of nitrogens with zero attached hydrogens (tertiary/aromatic N) is 1. The molecule has 0 aliphatic rings. The van der Waals surface area contributed by atoms with Crippen molar-refractivity contribution in [3.63, 3.8) is 0 Å². The first-order valence-corrected chi connectivity index (χ1v) is 7.22. The summed E-state index contributed by atoms with van der Waals surface area (Å²) in [5.74, 6) is -0.781. The van der Waals surface area contributed by atoms with Gasteiger partial charge in [0.1, 0.15) is 15.9 Å². The van der Waals surface area contributed by atoms with Crippen LogP contribution in [0.2, 0.25) is 10.2 Å². The molecule has 0 fully saturated rings. The topological polar surface area (TPSA) is 59.1 Å². The van der Waals surface area contributed by atoms with Crippen LogP contribution in [-0.2, 0) is 10.0 Å². The van der Waals surface area contributed by atoms with Crippen LogP contribution in [0.15, 0.2) is 41.4 Å². The lowest BCUT2D eigenvalue weighted by molar-refractivity contribution is 0.598. The zero-order chi connectivity index (χ0) is 14.0. The first kappa shape index (κ1) is 14.0. The molecule has 0 radical (unpaired) electrons. The Hall–Kier alpha value is -1.37. The lowest BCUT2D eigenvalue weighted by atomic mass is 10.3. The fraction of sp³-hybridized carbons (Fsp3) is 0. The van der Waals surface area contributed by atoms with Gasteiger partial charge in [-0.1, -0.05) is 23.2 Å². The zero-order valence-corrected chi connectivity index (χ0v) is 11.6. The minimum absolute atomic E-state index is 0.167. The standard InChI is InChI=1S/C11H7Cl2FN2O2S/c12-7-3-4-9(8(14)6-7)16-19(17,18)10-2-1-5-15-11(10)13/h1-6,16H. The number of rotatable bonds is 3. The van der Waals surface area contributed by atoms with E-state index in [0.29, 0.717) is 0 Å². The van der Waals surface area contributed by atoms with Crippen molar-refractivity contribution >= 4 is 38.9 Å². The Kier molecular flexibility index (Phi) is 3.93. The summed E-state index contributed by atoms with van der Waals surface area (Å²) in [6.07, 6.45) is 1.35. The molecule has 1 heterocycles. The van der Waals surface area contributed by atoms with Crippen LogP contribution in [0.4, 0.5) is 10.1 Å². The van der Waals surface area contributed by atoms with E-state index in [1.807, 2.05) is 0 Å². The number of aromatic nitrogens is 1. The van der Waals surface area contributed by atoms with Crippen LogP contribution in [0.5, 0.6) is 0 Å². The van der Waals surface area contributed by atoms with Crippen molar-refractivity contribution < 1.29 is 12.8 Å². The zero-order valence-electron chi connectivity index (χ0n) is 9.27. The average Bonchev–Trinajstić information content (AvgIpc) is 2.33. The molecule has 100 valence electrons.